The Morgan fingerprint density at radius 1 is 1.17 bits per heavy atom. The molecule has 1 heterocycles. The molecule has 18 heavy (non-hydrogen) atoms. The highest BCUT2D eigenvalue weighted by molar-refractivity contribution is 7.86. The van der Waals surface area contributed by atoms with Gasteiger partial charge in [0.15, 0.2) is 0 Å². The Balaban J connectivity index is 2.90. The Morgan fingerprint density at radius 3 is 2.22 bits per heavy atom. The van der Waals surface area contributed by atoms with Crippen LogP contribution in [-0.4, -0.2) is 29.3 Å². The second-order valence-electron chi connectivity index (χ2n) is 3.33. The maximum absolute atomic E-state index is 11.4. The predicted octanol–water partition coefficient (Wildman–Crippen LogP) is -0.546. The monoisotopic (exact) mass is 298 g/mol. The summed E-state index contributed by atoms with van der Waals surface area (Å²) < 4.78 is 56.5. The van der Waals surface area contributed by atoms with Crippen molar-refractivity contribution in [1.82, 2.24) is 0 Å². The van der Waals surface area contributed by atoms with E-state index >= 15 is 0 Å². The normalized spacial score (nSPS) is 12.3. The molecule has 0 aliphatic carbocycles. The molecule has 1 aromatic heterocycles. The molecule has 8 nitrogen and oxygen atoms in total. The summed E-state index contributed by atoms with van der Waals surface area (Å²) in [5.41, 5.74) is -0.765. The van der Waals surface area contributed by atoms with Crippen molar-refractivity contribution in [1.29, 1.82) is 0 Å². The average molecular weight is 298 g/mol. The van der Waals surface area contributed by atoms with Gasteiger partial charge in [0.25, 0.3) is 10.1 Å². The Morgan fingerprint density at radius 2 is 1.78 bits per heavy atom. The summed E-state index contributed by atoms with van der Waals surface area (Å²) in [4.78, 5) is 11.4. The third kappa shape index (κ3) is 5.29. The average Bonchev–Trinajstić information content (AvgIpc) is 2.15. The van der Waals surface area contributed by atoms with E-state index in [1.807, 2.05) is 0 Å². The molecule has 0 spiro atoms. The highest BCUT2D eigenvalue weighted by Gasteiger charge is 2.11. The van der Waals surface area contributed by atoms with Crippen LogP contribution in [0.4, 0.5) is 0 Å². The minimum atomic E-state index is -3.84. The zero-order valence-corrected chi connectivity index (χ0v) is 11.1. The maximum Gasteiger partial charge on any atom is 0.306 e. The zero-order valence-electron chi connectivity index (χ0n) is 9.44. The van der Waals surface area contributed by atoms with E-state index < -0.39 is 38.0 Å². The van der Waals surface area contributed by atoms with Gasteiger partial charge in [0.1, 0.15) is 18.6 Å². The van der Waals surface area contributed by atoms with Gasteiger partial charge in [-0.15, -0.1) is 0 Å². The fourth-order valence-corrected chi connectivity index (χ4v) is 1.68. The Kier molecular flexibility index (Phi) is 4.14. The van der Waals surface area contributed by atoms with E-state index in [9.17, 15) is 21.6 Å². The second kappa shape index (κ2) is 5.08. The molecule has 0 bridgehead atoms. The van der Waals surface area contributed by atoms with Gasteiger partial charge in [-0.3, -0.25) is 8.98 Å². The quantitative estimate of drug-likeness (QED) is 0.665. The van der Waals surface area contributed by atoms with Crippen molar-refractivity contribution in [2.45, 2.75) is 6.61 Å². The fraction of sp³-hybridized carbons (Fsp3) is 0.375. The van der Waals surface area contributed by atoms with E-state index in [1.165, 1.54) is 0 Å². The molecule has 0 unspecified atom stereocenters. The molecule has 1 rings (SSSR count). The van der Waals surface area contributed by atoms with Gasteiger partial charge in [-0.2, -0.15) is 16.8 Å². The first-order valence-corrected chi connectivity index (χ1v) is 8.06. The van der Waals surface area contributed by atoms with Crippen LogP contribution in [-0.2, 0) is 31.0 Å². The number of rotatable bonds is 5. The Bertz CT molecular complexity index is 682. The lowest BCUT2D eigenvalue weighted by molar-refractivity contribution is 0.271. The molecule has 0 aliphatic heterocycles. The topological polar surface area (TPSA) is 117 Å². The summed E-state index contributed by atoms with van der Waals surface area (Å²) >= 11 is 0. The van der Waals surface area contributed by atoms with E-state index in [0.717, 1.165) is 24.8 Å². The first-order valence-electron chi connectivity index (χ1n) is 4.42. The van der Waals surface area contributed by atoms with Crippen LogP contribution in [0.2, 0.25) is 0 Å². The molecule has 0 fully saturated rings. The highest BCUT2D eigenvalue weighted by atomic mass is 32.2. The second-order valence-corrected chi connectivity index (χ2v) is 6.55. The smallest absolute Gasteiger partial charge is 0.306 e. The highest BCUT2D eigenvalue weighted by Crippen LogP contribution is 2.09. The lowest BCUT2D eigenvalue weighted by atomic mass is 10.4. The molecule has 0 aromatic carbocycles. The van der Waals surface area contributed by atoms with E-state index in [0.29, 0.717) is 0 Å². The minimum Gasteiger partial charge on any atom is -0.463 e. The van der Waals surface area contributed by atoms with E-state index in [2.05, 4.69) is 8.37 Å². The van der Waals surface area contributed by atoms with Crippen LogP contribution in [0.5, 0.6) is 5.75 Å². The van der Waals surface area contributed by atoms with Gasteiger partial charge in [-0.1, -0.05) is 0 Å². The van der Waals surface area contributed by atoms with Crippen molar-refractivity contribution in [2.24, 2.45) is 0 Å². The van der Waals surface area contributed by atoms with Crippen LogP contribution in [0.3, 0.4) is 0 Å². The molecular weight excluding hydrogens is 288 g/mol. The molecule has 102 valence electrons. The van der Waals surface area contributed by atoms with E-state index in [4.69, 9.17) is 4.42 Å². The van der Waals surface area contributed by atoms with Crippen molar-refractivity contribution in [3.8, 4) is 5.75 Å². The van der Waals surface area contributed by atoms with Crippen molar-refractivity contribution in [3.05, 3.63) is 28.3 Å². The van der Waals surface area contributed by atoms with E-state index in [-0.39, 0.29) is 5.76 Å². The Hall–Kier alpha value is -1.39. The van der Waals surface area contributed by atoms with Crippen molar-refractivity contribution in [3.63, 3.8) is 0 Å². The van der Waals surface area contributed by atoms with E-state index in [1.54, 1.807) is 0 Å². The zero-order chi connectivity index (χ0) is 14.0. The van der Waals surface area contributed by atoms with Gasteiger partial charge in [-0.05, 0) is 0 Å². The first kappa shape index (κ1) is 14.7. The predicted molar refractivity (Wildman–Crippen MR) is 60.1 cm³/mol. The molecular formula is C8H10O8S2. The lowest BCUT2D eigenvalue weighted by Crippen LogP contribution is -2.14. The standard InChI is InChI=1S/C8H10O8S2/c1-17(10,11)15-4-6-3-7(9)8(5-14-6)16-18(2,12)13/h3,5H,4H2,1-2H3. The summed E-state index contributed by atoms with van der Waals surface area (Å²) in [5.74, 6) is -0.591. The van der Waals surface area contributed by atoms with Crippen LogP contribution in [0.15, 0.2) is 21.5 Å². The summed E-state index contributed by atoms with van der Waals surface area (Å²) in [6.07, 6.45) is 2.38. The molecule has 0 atom stereocenters. The van der Waals surface area contributed by atoms with Crippen LogP contribution < -0.4 is 9.61 Å². The van der Waals surface area contributed by atoms with Crippen molar-refractivity contribution >= 4 is 20.2 Å². The van der Waals surface area contributed by atoms with Gasteiger partial charge in [-0.25, -0.2) is 0 Å². The molecule has 0 N–H and O–H groups in total. The summed E-state index contributed by atoms with van der Waals surface area (Å²) in [5, 5.41) is 0. The third-order valence-electron chi connectivity index (χ3n) is 1.51. The molecule has 0 aliphatic rings. The molecule has 0 saturated heterocycles. The third-order valence-corrected chi connectivity index (χ3v) is 2.54. The van der Waals surface area contributed by atoms with Gasteiger partial charge in [0, 0.05) is 6.07 Å². The van der Waals surface area contributed by atoms with Gasteiger partial charge in [0.05, 0.1) is 12.5 Å². The summed E-state index contributed by atoms with van der Waals surface area (Å²) in [7, 11) is -7.50. The van der Waals surface area contributed by atoms with Crippen LogP contribution in [0.1, 0.15) is 5.76 Å². The first-order chi connectivity index (χ1) is 8.07. The summed E-state index contributed by atoms with van der Waals surface area (Å²) in [6, 6.07) is 0.881. The van der Waals surface area contributed by atoms with Crippen LogP contribution in [0.25, 0.3) is 0 Å². The molecule has 10 heteroatoms. The molecule has 0 saturated carbocycles. The van der Waals surface area contributed by atoms with Crippen LogP contribution in [0, 0.1) is 0 Å². The summed E-state index contributed by atoms with van der Waals surface area (Å²) in [6.45, 7) is -0.465. The molecule has 1 aromatic rings. The minimum absolute atomic E-state index is 0.0775. The van der Waals surface area contributed by atoms with Crippen molar-refractivity contribution in [2.75, 3.05) is 12.5 Å². The number of hydrogen-bond donors (Lipinski definition) is 0. The van der Waals surface area contributed by atoms with Crippen LogP contribution >= 0.6 is 0 Å². The van der Waals surface area contributed by atoms with Gasteiger partial charge >= 0.3 is 10.1 Å². The maximum atomic E-state index is 11.4. The Labute approximate surface area is 103 Å². The SMILES string of the molecule is CS(=O)(=O)OCc1cc(=O)c(OS(C)(=O)=O)co1. The van der Waals surface area contributed by atoms with Gasteiger partial charge < -0.3 is 8.60 Å². The fourth-order valence-electron chi connectivity index (χ4n) is 0.903. The lowest BCUT2D eigenvalue weighted by Gasteiger charge is -2.03. The largest absolute Gasteiger partial charge is 0.463 e. The number of hydrogen-bond acceptors (Lipinski definition) is 8. The molecule has 0 radical (unpaired) electrons. The molecule has 0 amide bonds. The van der Waals surface area contributed by atoms with Crippen molar-refractivity contribution < 1.29 is 29.6 Å². The van der Waals surface area contributed by atoms with Gasteiger partial charge in [0.2, 0.25) is 11.2 Å².